The molecule has 2 fully saturated rings. The molecule has 1 heterocycles. The molecule has 1 aromatic carbocycles. The zero-order chi connectivity index (χ0) is 16.6. The van der Waals surface area contributed by atoms with Gasteiger partial charge in [0.2, 0.25) is 11.8 Å². The first-order chi connectivity index (χ1) is 10.9. The fourth-order valence-electron chi connectivity index (χ4n) is 3.86. The van der Waals surface area contributed by atoms with Gasteiger partial charge in [0.1, 0.15) is 0 Å². The molecule has 124 valence electrons. The molecule has 4 heteroatoms. The number of hydrogen-bond donors (Lipinski definition) is 0. The van der Waals surface area contributed by atoms with Crippen molar-refractivity contribution in [3.8, 4) is 0 Å². The number of piperidine rings is 1. The third-order valence-corrected chi connectivity index (χ3v) is 5.76. The van der Waals surface area contributed by atoms with E-state index in [4.69, 9.17) is 0 Å². The summed E-state index contributed by atoms with van der Waals surface area (Å²) in [5.41, 5.74) is 1.60. The lowest BCUT2D eigenvalue weighted by Gasteiger charge is -2.26. The van der Waals surface area contributed by atoms with Gasteiger partial charge in [0.05, 0.1) is 6.54 Å². The monoisotopic (exact) mass is 314 g/mol. The van der Waals surface area contributed by atoms with Crippen LogP contribution in [0.15, 0.2) is 30.3 Å². The molecule has 2 amide bonds. The summed E-state index contributed by atoms with van der Waals surface area (Å²) >= 11 is 0. The molecular formula is C19H26N2O2. The summed E-state index contributed by atoms with van der Waals surface area (Å²) in [7, 11) is 0. The first-order valence-corrected chi connectivity index (χ1v) is 8.47. The van der Waals surface area contributed by atoms with Gasteiger partial charge in [-0.1, -0.05) is 44.2 Å². The minimum atomic E-state index is -0.0287. The van der Waals surface area contributed by atoms with E-state index in [2.05, 4.69) is 26.0 Å². The van der Waals surface area contributed by atoms with Crippen LogP contribution in [0.3, 0.4) is 0 Å². The van der Waals surface area contributed by atoms with E-state index in [0.717, 1.165) is 19.5 Å². The maximum Gasteiger partial charge on any atom is 0.242 e. The number of fused-ring (bicyclic) bond motifs is 1. The number of amides is 2. The fourth-order valence-corrected chi connectivity index (χ4v) is 3.86. The first-order valence-electron chi connectivity index (χ1n) is 8.47. The van der Waals surface area contributed by atoms with E-state index in [0.29, 0.717) is 23.8 Å². The number of carbonyl (C=O) groups excluding carboxylic acids is 2. The minimum Gasteiger partial charge on any atom is -0.341 e. The molecule has 0 unspecified atom stereocenters. The largest absolute Gasteiger partial charge is 0.341 e. The molecule has 1 saturated carbocycles. The van der Waals surface area contributed by atoms with Crippen LogP contribution in [0, 0.1) is 17.3 Å². The maximum atomic E-state index is 12.5. The van der Waals surface area contributed by atoms with Crippen LogP contribution in [-0.4, -0.2) is 47.8 Å². The third-order valence-electron chi connectivity index (χ3n) is 5.76. The third kappa shape index (κ3) is 3.26. The fraction of sp³-hybridized carbons (Fsp3) is 0.579. The summed E-state index contributed by atoms with van der Waals surface area (Å²) in [5.74, 6) is 1.37. The van der Waals surface area contributed by atoms with Crippen molar-refractivity contribution in [2.24, 2.45) is 17.3 Å². The van der Waals surface area contributed by atoms with Crippen molar-refractivity contribution < 1.29 is 9.59 Å². The smallest absolute Gasteiger partial charge is 0.242 e. The van der Waals surface area contributed by atoms with Crippen molar-refractivity contribution in [3.63, 3.8) is 0 Å². The van der Waals surface area contributed by atoms with Gasteiger partial charge in [0.15, 0.2) is 0 Å². The number of likely N-dealkylation sites (tertiary alicyclic amines) is 1. The lowest BCUT2D eigenvalue weighted by atomic mass is 10.1. The Morgan fingerprint density at radius 2 is 1.78 bits per heavy atom. The highest BCUT2D eigenvalue weighted by atomic mass is 16.2. The Kier molecular flexibility index (Phi) is 4.17. The lowest BCUT2D eigenvalue weighted by Crippen LogP contribution is -2.43. The molecule has 1 aromatic rings. The molecule has 2 atom stereocenters. The van der Waals surface area contributed by atoms with Gasteiger partial charge in [-0.3, -0.25) is 9.59 Å². The molecule has 0 spiro atoms. The van der Waals surface area contributed by atoms with Gasteiger partial charge < -0.3 is 9.80 Å². The molecule has 0 N–H and O–H groups in total. The summed E-state index contributed by atoms with van der Waals surface area (Å²) in [5, 5.41) is 0. The van der Waals surface area contributed by atoms with Gasteiger partial charge in [0.25, 0.3) is 0 Å². The highest BCUT2D eigenvalue weighted by Gasteiger charge is 2.62. The highest BCUT2D eigenvalue weighted by molar-refractivity contribution is 5.84. The van der Waals surface area contributed by atoms with Crippen molar-refractivity contribution in [3.05, 3.63) is 35.9 Å². The van der Waals surface area contributed by atoms with E-state index in [1.54, 1.807) is 11.8 Å². The van der Waals surface area contributed by atoms with Crippen molar-refractivity contribution in [2.75, 3.05) is 26.2 Å². The minimum absolute atomic E-state index is 0.0287. The van der Waals surface area contributed by atoms with Crippen molar-refractivity contribution >= 4 is 11.8 Å². The predicted octanol–water partition coefficient (Wildman–Crippen LogP) is 2.19. The number of rotatable bonds is 5. The quantitative estimate of drug-likeness (QED) is 0.836. The summed E-state index contributed by atoms with van der Waals surface area (Å²) in [6.45, 7) is 8.64. The molecule has 1 saturated heterocycles. The van der Waals surface area contributed by atoms with Crippen LogP contribution in [0.4, 0.5) is 0 Å². The van der Waals surface area contributed by atoms with E-state index >= 15 is 0 Å². The van der Waals surface area contributed by atoms with E-state index in [1.165, 1.54) is 5.56 Å². The SMILES string of the molecule is CC(=O)N(CCc1ccccc1)CC(=O)N1C[C@@H]2[C@@H](C1)C2(C)C. The Balaban J connectivity index is 1.51. The molecule has 23 heavy (non-hydrogen) atoms. The average Bonchev–Trinajstić information content (AvgIpc) is 2.91. The number of hydrogen-bond acceptors (Lipinski definition) is 2. The first kappa shape index (κ1) is 16.0. The van der Waals surface area contributed by atoms with Crippen molar-refractivity contribution in [1.82, 2.24) is 9.80 Å². The number of nitrogens with zero attached hydrogens (tertiary/aromatic N) is 2. The average molecular weight is 314 g/mol. The molecule has 3 rings (SSSR count). The van der Waals surface area contributed by atoms with E-state index < -0.39 is 0 Å². The van der Waals surface area contributed by atoms with Crippen LogP contribution in [0.25, 0.3) is 0 Å². The summed E-state index contributed by atoms with van der Waals surface area (Å²) in [6, 6.07) is 10.1. The second kappa shape index (κ2) is 5.99. The molecule has 1 aliphatic heterocycles. The Hall–Kier alpha value is -1.84. The molecule has 1 aliphatic carbocycles. The van der Waals surface area contributed by atoms with Gasteiger partial charge in [-0.25, -0.2) is 0 Å². The number of carbonyl (C=O) groups is 2. The van der Waals surface area contributed by atoms with Gasteiger partial charge in [-0.05, 0) is 29.2 Å². The molecule has 4 nitrogen and oxygen atoms in total. The highest BCUT2D eigenvalue weighted by Crippen LogP contribution is 2.61. The Bertz CT molecular complexity index is 583. The van der Waals surface area contributed by atoms with Crippen LogP contribution in [0.5, 0.6) is 0 Å². The van der Waals surface area contributed by atoms with Crippen molar-refractivity contribution in [2.45, 2.75) is 27.2 Å². The zero-order valence-corrected chi connectivity index (χ0v) is 14.3. The van der Waals surface area contributed by atoms with Crippen LogP contribution in [-0.2, 0) is 16.0 Å². The summed E-state index contributed by atoms with van der Waals surface area (Å²) < 4.78 is 0. The van der Waals surface area contributed by atoms with Crippen LogP contribution < -0.4 is 0 Å². The number of benzene rings is 1. The van der Waals surface area contributed by atoms with Crippen LogP contribution in [0.1, 0.15) is 26.3 Å². The van der Waals surface area contributed by atoms with Gasteiger partial charge in [0, 0.05) is 26.6 Å². The molecule has 0 bridgehead atoms. The molecule has 0 aromatic heterocycles. The molecular weight excluding hydrogens is 288 g/mol. The normalized spacial score (nSPS) is 24.2. The Labute approximate surface area is 138 Å². The zero-order valence-electron chi connectivity index (χ0n) is 14.3. The molecule has 0 radical (unpaired) electrons. The Morgan fingerprint density at radius 1 is 1.17 bits per heavy atom. The second-order valence-corrected chi connectivity index (χ2v) is 7.51. The lowest BCUT2D eigenvalue weighted by molar-refractivity contribution is -0.139. The second-order valence-electron chi connectivity index (χ2n) is 7.51. The summed E-state index contributed by atoms with van der Waals surface area (Å²) in [6.07, 6.45) is 0.784. The standard InChI is InChI=1S/C19H26N2O2/c1-14(22)20(10-9-15-7-5-4-6-8-15)13-18(23)21-11-16-17(12-21)19(16,2)3/h4-8,16-17H,9-13H2,1-3H3/t16-,17-/m1/s1. The van der Waals surface area contributed by atoms with Crippen molar-refractivity contribution in [1.29, 1.82) is 0 Å². The van der Waals surface area contributed by atoms with Crippen LogP contribution >= 0.6 is 0 Å². The van der Waals surface area contributed by atoms with Gasteiger partial charge in [-0.2, -0.15) is 0 Å². The summed E-state index contributed by atoms with van der Waals surface area (Å²) in [4.78, 5) is 27.9. The maximum absolute atomic E-state index is 12.5. The van der Waals surface area contributed by atoms with E-state index in [1.807, 2.05) is 23.1 Å². The topological polar surface area (TPSA) is 40.6 Å². The predicted molar refractivity (Wildman–Crippen MR) is 89.7 cm³/mol. The van der Waals surface area contributed by atoms with Crippen LogP contribution in [0.2, 0.25) is 0 Å². The van der Waals surface area contributed by atoms with E-state index in [-0.39, 0.29) is 18.4 Å². The van der Waals surface area contributed by atoms with E-state index in [9.17, 15) is 9.59 Å². The van der Waals surface area contributed by atoms with Gasteiger partial charge >= 0.3 is 0 Å². The molecule has 2 aliphatic rings. The van der Waals surface area contributed by atoms with Gasteiger partial charge in [-0.15, -0.1) is 0 Å². The Morgan fingerprint density at radius 3 is 2.35 bits per heavy atom.